The zero-order valence-electron chi connectivity index (χ0n) is 8.82. The lowest BCUT2D eigenvalue weighted by Crippen LogP contribution is -2.13. The molecule has 0 atom stereocenters. The maximum atomic E-state index is 12.2. The molecule has 0 bridgehead atoms. The second kappa shape index (κ2) is 4.47. The quantitative estimate of drug-likeness (QED) is 0.864. The second-order valence-electron chi connectivity index (χ2n) is 3.33. The Labute approximate surface area is 99.0 Å². The summed E-state index contributed by atoms with van der Waals surface area (Å²) >= 11 is 0. The van der Waals surface area contributed by atoms with Crippen LogP contribution in [-0.2, 0) is 6.18 Å². The summed E-state index contributed by atoms with van der Waals surface area (Å²) in [7, 11) is 0. The third-order valence-corrected chi connectivity index (χ3v) is 2.02. The van der Waals surface area contributed by atoms with Gasteiger partial charge in [-0.25, -0.2) is 0 Å². The predicted molar refractivity (Wildman–Crippen MR) is 55.8 cm³/mol. The minimum absolute atomic E-state index is 0.302. The van der Waals surface area contributed by atoms with Crippen LogP contribution in [-0.4, -0.2) is 21.1 Å². The monoisotopic (exact) mass is 256 g/mol. The Morgan fingerprint density at radius 2 is 1.89 bits per heavy atom. The van der Waals surface area contributed by atoms with Crippen molar-refractivity contribution in [2.45, 2.75) is 6.18 Å². The van der Waals surface area contributed by atoms with Gasteiger partial charge in [-0.1, -0.05) is 18.2 Å². The average Bonchev–Trinajstić information content (AvgIpc) is 2.78. The van der Waals surface area contributed by atoms with E-state index in [1.165, 1.54) is 12.1 Å². The molecule has 0 unspecified atom stereocenters. The number of anilines is 1. The fraction of sp³-hybridized carbons (Fsp3) is 0.100. The van der Waals surface area contributed by atoms with Gasteiger partial charge in [0.05, 0.1) is 0 Å². The van der Waals surface area contributed by atoms with Crippen molar-refractivity contribution in [3.8, 4) is 0 Å². The fourth-order valence-corrected chi connectivity index (χ4v) is 1.21. The van der Waals surface area contributed by atoms with Gasteiger partial charge in [0, 0.05) is 5.56 Å². The molecule has 0 aliphatic carbocycles. The molecule has 8 heteroatoms. The van der Waals surface area contributed by atoms with Crippen LogP contribution in [0, 0.1) is 0 Å². The number of benzene rings is 1. The summed E-state index contributed by atoms with van der Waals surface area (Å²) in [5, 5.41) is 7.12. The average molecular weight is 256 g/mol. The molecule has 0 aliphatic heterocycles. The number of amides is 1. The van der Waals surface area contributed by atoms with E-state index in [2.05, 4.69) is 15.4 Å². The first-order valence-electron chi connectivity index (χ1n) is 4.83. The molecule has 0 saturated carbocycles. The molecule has 1 amide bonds. The SMILES string of the molecule is O=C(Nc1n[nH]c(C(F)(F)F)n1)c1ccccc1. The van der Waals surface area contributed by atoms with E-state index in [4.69, 9.17) is 0 Å². The first kappa shape index (κ1) is 12.1. The molecule has 1 aromatic carbocycles. The summed E-state index contributed by atoms with van der Waals surface area (Å²) in [6, 6.07) is 8.02. The van der Waals surface area contributed by atoms with E-state index in [1.54, 1.807) is 23.3 Å². The number of halogens is 3. The summed E-state index contributed by atoms with van der Waals surface area (Å²) in [5.41, 5.74) is 0.302. The molecule has 2 N–H and O–H groups in total. The summed E-state index contributed by atoms with van der Waals surface area (Å²) in [6.07, 6.45) is -4.62. The lowest BCUT2D eigenvalue weighted by Gasteiger charge is -2.00. The standard InChI is InChI=1S/C10H7F3N4O/c11-10(12,13)8-15-9(17-16-8)14-7(18)6-4-2-1-3-5-6/h1-5H,(H2,14,15,16,17,18). The molecular weight excluding hydrogens is 249 g/mol. The number of hydrogen-bond donors (Lipinski definition) is 2. The summed E-state index contributed by atoms with van der Waals surface area (Å²) in [4.78, 5) is 14.7. The summed E-state index contributed by atoms with van der Waals surface area (Å²) < 4.78 is 36.6. The van der Waals surface area contributed by atoms with Crippen LogP contribution in [0.5, 0.6) is 0 Å². The first-order chi connectivity index (χ1) is 8.47. The molecule has 0 radical (unpaired) electrons. The fourth-order valence-electron chi connectivity index (χ4n) is 1.21. The topological polar surface area (TPSA) is 70.7 Å². The number of alkyl halides is 3. The highest BCUT2D eigenvalue weighted by molar-refractivity contribution is 6.03. The number of aromatic nitrogens is 3. The Balaban J connectivity index is 2.11. The molecule has 0 fully saturated rings. The van der Waals surface area contributed by atoms with Gasteiger partial charge >= 0.3 is 6.18 Å². The maximum absolute atomic E-state index is 12.2. The lowest BCUT2D eigenvalue weighted by molar-refractivity contribution is -0.144. The maximum Gasteiger partial charge on any atom is 0.451 e. The minimum atomic E-state index is -4.62. The Bertz CT molecular complexity index is 550. The van der Waals surface area contributed by atoms with E-state index in [9.17, 15) is 18.0 Å². The number of nitrogens with one attached hydrogen (secondary N) is 2. The van der Waals surface area contributed by atoms with Crippen LogP contribution >= 0.6 is 0 Å². The van der Waals surface area contributed by atoms with Crippen molar-refractivity contribution in [2.24, 2.45) is 0 Å². The van der Waals surface area contributed by atoms with Gasteiger partial charge in [0.1, 0.15) is 0 Å². The van der Waals surface area contributed by atoms with E-state index in [1.807, 2.05) is 0 Å². The van der Waals surface area contributed by atoms with Gasteiger partial charge in [-0.2, -0.15) is 18.2 Å². The van der Waals surface area contributed by atoms with Crippen LogP contribution in [0.4, 0.5) is 19.1 Å². The van der Waals surface area contributed by atoms with Crippen LogP contribution in [0.2, 0.25) is 0 Å². The van der Waals surface area contributed by atoms with Gasteiger partial charge in [0.25, 0.3) is 5.91 Å². The number of H-pyrrole nitrogens is 1. The third-order valence-electron chi connectivity index (χ3n) is 2.02. The number of carbonyl (C=O) groups is 1. The van der Waals surface area contributed by atoms with Gasteiger partial charge in [-0.15, -0.1) is 5.10 Å². The first-order valence-corrected chi connectivity index (χ1v) is 4.83. The van der Waals surface area contributed by atoms with E-state index >= 15 is 0 Å². The normalized spacial score (nSPS) is 11.3. The molecule has 1 aromatic heterocycles. The van der Waals surface area contributed by atoms with Crippen molar-refractivity contribution >= 4 is 11.9 Å². The molecule has 94 valence electrons. The van der Waals surface area contributed by atoms with Gasteiger partial charge < -0.3 is 0 Å². The van der Waals surface area contributed by atoms with E-state index in [0.29, 0.717) is 5.56 Å². The highest BCUT2D eigenvalue weighted by Gasteiger charge is 2.35. The highest BCUT2D eigenvalue weighted by Crippen LogP contribution is 2.26. The van der Waals surface area contributed by atoms with Gasteiger partial charge in [0.2, 0.25) is 11.8 Å². The molecule has 2 aromatic rings. The lowest BCUT2D eigenvalue weighted by atomic mass is 10.2. The highest BCUT2D eigenvalue weighted by atomic mass is 19.4. The van der Waals surface area contributed by atoms with Crippen LogP contribution in [0.3, 0.4) is 0 Å². The van der Waals surface area contributed by atoms with Gasteiger partial charge in [-0.05, 0) is 12.1 Å². The number of carbonyl (C=O) groups excluding carboxylic acids is 1. The third kappa shape index (κ3) is 2.65. The van der Waals surface area contributed by atoms with Crippen molar-refractivity contribution < 1.29 is 18.0 Å². The molecule has 0 saturated heterocycles. The Hall–Kier alpha value is -2.38. The van der Waals surface area contributed by atoms with Crippen LogP contribution in [0.1, 0.15) is 16.2 Å². The van der Waals surface area contributed by atoms with Crippen LogP contribution in [0.15, 0.2) is 30.3 Å². The largest absolute Gasteiger partial charge is 0.451 e. The van der Waals surface area contributed by atoms with Crippen LogP contribution < -0.4 is 5.32 Å². The molecule has 18 heavy (non-hydrogen) atoms. The Morgan fingerprint density at radius 1 is 1.22 bits per heavy atom. The number of nitrogens with zero attached hydrogens (tertiary/aromatic N) is 2. The van der Waals surface area contributed by atoms with Crippen LogP contribution in [0.25, 0.3) is 0 Å². The zero-order valence-corrected chi connectivity index (χ0v) is 8.82. The van der Waals surface area contributed by atoms with Gasteiger partial charge in [-0.3, -0.25) is 15.2 Å². The van der Waals surface area contributed by atoms with Crippen molar-refractivity contribution in [1.29, 1.82) is 0 Å². The number of aromatic amines is 1. The molecule has 0 aliphatic rings. The van der Waals surface area contributed by atoms with Crippen molar-refractivity contribution in [2.75, 3.05) is 5.32 Å². The molecule has 5 nitrogen and oxygen atoms in total. The van der Waals surface area contributed by atoms with E-state index in [0.717, 1.165) is 0 Å². The summed E-state index contributed by atoms with van der Waals surface area (Å²) in [6.45, 7) is 0. The van der Waals surface area contributed by atoms with E-state index in [-0.39, 0.29) is 0 Å². The second-order valence-corrected chi connectivity index (χ2v) is 3.33. The smallest absolute Gasteiger partial charge is 0.289 e. The molecular formula is C10H7F3N4O. The van der Waals surface area contributed by atoms with Crippen molar-refractivity contribution in [1.82, 2.24) is 15.2 Å². The number of hydrogen-bond acceptors (Lipinski definition) is 3. The van der Waals surface area contributed by atoms with E-state index < -0.39 is 23.9 Å². The van der Waals surface area contributed by atoms with Crippen molar-refractivity contribution in [3.05, 3.63) is 41.7 Å². The molecule has 1 heterocycles. The molecule has 0 spiro atoms. The summed E-state index contributed by atoms with van der Waals surface area (Å²) in [5.74, 6) is -2.26. The Kier molecular flexibility index (Phi) is 3.00. The minimum Gasteiger partial charge on any atom is -0.289 e. The van der Waals surface area contributed by atoms with Crippen molar-refractivity contribution in [3.63, 3.8) is 0 Å². The molecule has 2 rings (SSSR count). The zero-order chi connectivity index (χ0) is 13.2. The van der Waals surface area contributed by atoms with Gasteiger partial charge in [0.15, 0.2) is 0 Å². The predicted octanol–water partition coefficient (Wildman–Crippen LogP) is 2.08. The Morgan fingerprint density at radius 3 is 2.44 bits per heavy atom. The number of rotatable bonds is 2.